The van der Waals surface area contributed by atoms with Gasteiger partial charge < -0.3 is 9.64 Å². The van der Waals surface area contributed by atoms with Crippen LogP contribution >= 0.6 is 0 Å². The van der Waals surface area contributed by atoms with Gasteiger partial charge in [-0.1, -0.05) is 13.8 Å². The van der Waals surface area contributed by atoms with Crippen LogP contribution in [0.2, 0.25) is 0 Å². The van der Waals surface area contributed by atoms with E-state index in [1.54, 1.807) is 33.9 Å². The zero-order valence-electron chi connectivity index (χ0n) is 18.5. The maximum absolute atomic E-state index is 13.1. The van der Waals surface area contributed by atoms with E-state index in [1.807, 2.05) is 0 Å². The summed E-state index contributed by atoms with van der Waals surface area (Å²) < 4.78 is 61.4. The lowest BCUT2D eigenvalue weighted by Gasteiger charge is -2.21. The number of ether oxygens (including phenoxy) is 1. The average Bonchev–Trinajstić information content (AvgIpc) is 3.03. The number of nitrogens with zero attached hydrogens (tertiary/aromatic N) is 2. The number of hydrogen-bond donors (Lipinski definition) is 1. The number of nitrogens with one attached hydrogen (secondary N) is 1. The van der Waals surface area contributed by atoms with Crippen molar-refractivity contribution >= 4 is 37.3 Å². The van der Waals surface area contributed by atoms with Crippen molar-refractivity contribution in [3.05, 3.63) is 42.0 Å². The number of likely N-dealkylation sites (N-methyl/N-ethyl adjacent to an activating group) is 1. The number of sulfonamides is 2. The van der Waals surface area contributed by atoms with E-state index in [4.69, 9.17) is 4.74 Å². The molecule has 9 nitrogen and oxygen atoms in total. The van der Waals surface area contributed by atoms with Crippen molar-refractivity contribution < 1.29 is 26.4 Å². The molecule has 1 N–H and O–H groups in total. The molecule has 0 spiro atoms. The molecule has 1 aliphatic heterocycles. The van der Waals surface area contributed by atoms with Crippen molar-refractivity contribution in [2.75, 3.05) is 36.4 Å². The molecule has 11 heteroatoms. The predicted molar refractivity (Wildman–Crippen MR) is 122 cm³/mol. The SMILES string of the molecule is CCOc1ccc(NS(=O)(=O)c2ccc3c(c2)CC(=O)N3C)cc1S(=O)(=O)N(CC)CC. The smallest absolute Gasteiger partial charge is 0.261 e. The first-order chi connectivity index (χ1) is 15.0. The van der Waals surface area contributed by atoms with Crippen LogP contribution in [0.15, 0.2) is 46.2 Å². The van der Waals surface area contributed by atoms with E-state index >= 15 is 0 Å². The van der Waals surface area contributed by atoms with Gasteiger partial charge in [-0.25, -0.2) is 16.8 Å². The first-order valence-electron chi connectivity index (χ1n) is 10.2. The lowest BCUT2D eigenvalue weighted by molar-refractivity contribution is -0.117. The van der Waals surface area contributed by atoms with E-state index in [-0.39, 0.29) is 53.3 Å². The fourth-order valence-electron chi connectivity index (χ4n) is 3.58. The fourth-order valence-corrected chi connectivity index (χ4v) is 6.29. The van der Waals surface area contributed by atoms with Crippen molar-refractivity contribution in [3.63, 3.8) is 0 Å². The van der Waals surface area contributed by atoms with Crippen molar-refractivity contribution in [2.24, 2.45) is 0 Å². The van der Waals surface area contributed by atoms with Gasteiger partial charge in [-0.05, 0) is 48.9 Å². The number of fused-ring (bicyclic) bond motifs is 1. The van der Waals surface area contributed by atoms with Crippen LogP contribution in [0.25, 0.3) is 0 Å². The van der Waals surface area contributed by atoms with Gasteiger partial charge in [-0.3, -0.25) is 9.52 Å². The molecule has 0 radical (unpaired) electrons. The molecular weight excluding hydrogens is 454 g/mol. The second-order valence-electron chi connectivity index (χ2n) is 7.21. The second kappa shape index (κ2) is 9.08. The third-order valence-electron chi connectivity index (χ3n) is 5.26. The highest BCUT2D eigenvalue weighted by molar-refractivity contribution is 7.92. The molecule has 32 heavy (non-hydrogen) atoms. The second-order valence-corrected chi connectivity index (χ2v) is 10.8. The van der Waals surface area contributed by atoms with Gasteiger partial charge in [0.25, 0.3) is 10.0 Å². The summed E-state index contributed by atoms with van der Waals surface area (Å²) in [7, 11) is -6.27. The monoisotopic (exact) mass is 481 g/mol. The van der Waals surface area contributed by atoms with Gasteiger partial charge in [0.1, 0.15) is 10.6 Å². The Labute approximate surface area is 189 Å². The molecule has 2 aromatic rings. The Kier molecular flexibility index (Phi) is 6.82. The van der Waals surface area contributed by atoms with Crippen molar-refractivity contribution in [1.29, 1.82) is 0 Å². The molecule has 0 saturated carbocycles. The number of anilines is 2. The number of carbonyl (C=O) groups is 1. The molecule has 0 bridgehead atoms. The van der Waals surface area contributed by atoms with E-state index in [2.05, 4.69) is 4.72 Å². The highest BCUT2D eigenvalue weighted by Crippen LogP contribution is 2.33. The molecule has 1 aliphatic rings. The quantitative estimate of drug-likeness (QED) is 0.589. The molecule has 174 valence electrons. The Morgan fingerprint density at radius 1 is 1.03 bits per heavy atom. The van der Waals surface area contributed by atoms with Crippen molar-refractivity contribution in [2.45, 2.75) is 37.0 Å². The maximum atomic E-state index is 13.1. The molecule has 0 fully saturated rings. The highest BCUT2D eigenvalue weighted by atomic mass is 32.2. The van der Waals surface area contributed by atoms with Gasteiger partial charge in [0, 0.05) is 25.8 Å². The van der Waals surface area contributed by atoms with E-state index in [0.717, 1.165) is 0 Å². The van der Waals surface area contributed by atoms with Gasteiger partial charge in [-0.2, -0.15) is 4.31 Å². The predicted octanol–water partition coefficient (Wildman–Crippen LogP) is 2.44. The minimum absolute atomic E-state index is 0.0126. The van der Waals surface area contributed by atoms with E-state index in [0.29, 0.717) is 11.3 Å². The lowest BCUT2D eigenvalue weighted by Crippen LogP contribution is -2.31. The summed E-state index contributed by atoms with van der Waals surface area (Å²) in [6, 6.07) is 8.62. The Morgan fingerprint density at radius 3 is 2.34 bits per heavy atom. The summed E-state index contributed by atoms with van der Waals surface area (Å²) in [5.41, 5.74) is 1.38. The Hall–Kier alpha value is -2.63. The van der Waals surface area contributed by atoms with Crippen molar-refractivity contribution in [3.8, 4) is 5.75 Å². The lowest BCUT2D eigenvalue weighted by atomic mass is 10.2. The Morgan fingerprint density at radius 2 is 1.72 bits per heavy atom. The topological polar surface area (TPSA) is 113 Å². The summed E-state index contributed by atoms with van der Waals surface area (Å²) in [5, 5.41) is 0. The van der Waals surface area contributed by atoms with E-state index in [9.17, 15) is 21.6 Å². The summed E-state index contributed by atoms with van der Waals surface area (Å²) in [6.07, 6.45) is 0.129. The summed E-state index contributed by atoms with van der Waals surface area (Å²) in [5.74, 6) is 0.0432. The van der Waals surface area contributed by atoms with Crippen LogP contribution in [0.5, 0.6) is 5.75 Å². The Balaban J connectivity index is 1.99. The van der Waals surface area contributed by atoms with Crippen LogP contribution in [0.4, 0.5) is 11.4 Å². The number of rotatable bonds is 9. The molecule has 0 unspecified atom stereocenters. The minimum atomic E-state index is -4.02. The maximum Gasteiger partial charge on any atom is 0.261 e. The van der Waals surface area contributed by atoms with Crippen LogP contribution in [0.3, 0.4) is 0 Å². The van der Waals surface area contributed by atoms with Gasteiger partial charge in [0.05, 0.1) is 23.6 Å². The normalized spacial score (nSPS) is 14.0. The van der Waals surface area contributed by atoms with E-state index in [1.165, 1.54) is 39.5 Å². The Bertz CT molecular complexity index is 1240. The number of carbonyl (C=O) groups excluding carboxylic acids is 1. The van der Waals surface area contributed by atoms with Crippen LogP contribution in [0, 0.1) is 0 Å². The summed E-state index contributed by atoms with van der Waals surface area (Å²) in [6.45, 7) is 5.98. The summed E-state index contributed by atoms with van der Waals surface area (Å²) >= 11 is 0. The molecule has 2 aromatic carbocycles. The van der Waals surface area contributed by atoms with Gasteiger partial charge in [-0.15, -0.1) is 0 Å². The zero-order valence-corrected chi connectivity index (χ0v) is 20.1. The molecular formula is C21H27N3O6S2. The van der Waals surface area contributed by atoms with Crippen molar-refractivity contribution in [1.82, 2.24) is 4.31 Å². The highest BCUT2D eigenvalue weighted by Gasteiger charge is 2.28. The largest absolute Gasteiger partial charge is 0.492 e. The first-order valence-corrected chi connectivity index (χ1v) is 13.2. The zero-order chi connectivity index (χ0) is 23.7. The van der Waals surface area contributed by atoms with Gasteiger partial charge in [0.15, 0.2) is 0 Å². The number of hydrogen-bond acceptors (Lipinski definition) is 6. The molecule has 0 atom stereocenters. The van der Waals surface area contributed by atoms with Crippen LogP contribution in [-0.4, -0.2) is 53.8 Å². The fraction of sp³-hybridized carbons (Fsp3) is 0.381. The molecule has 1 heterocycles. The molecule has 1 amide bonds. The standard InChI is InChI=1S/C21H27N3O6S2/c1-5-24(6-2)32(28,29)20-14-16(8-11-19(20)30-7-3)22-31(26,27)17-9-10-18-15(12-17)13-21(25)23(18)4/h8-12,14,22H,5-7,13H2,1-4H3. The average molecular weight is 482 g/mol. The van der Waals surface area contributed by atoms with Gasteiger partial charge in [0.2, 0.25) is 15.9 Å². The van der Waals surface area contributed by atoms with Gasteiger partial charge >= 0.3 is 0 Å². The van der Waals surface area contributed by atoms with Crippen LogP contribution in [-0.2, 0) is 31.3 Å². The molecule has 0 aliphatic carbocycles. The molecule has 3 rings (SSSR count). The number of benzene rings is 2. The molecule has 0 aromatic heterocycles. The van der Waals surface area contributed by atoms with Crippen LogP contribution in [0.1, 0.15) is 26.3 Å². The third kappa shape index (κ3) is 4.45. The van der Waals surface area contributed by atoms with Crippen LogP contribution < -0.4 is 14.4 Å². The van der Waals surface area contributed by atoms with E-state index < -0.39 is 20.0 Å². The number of amides is 1. The molecule has 0 saturated heterocycles. The third-order valence-corrected chi connectivity index (χ3v) is 8.71. The summed E-state index contributed by atoms with van der Waals surface area (Å²) in [4.78, 5) is 13.3. The minimum Gasteiger partial charge on any atom is -0.492 e. The first kappa shape index (κ1) is 24.0.